The topological polar surface area (TPSA) is 84.5 Å². The van der Waals surface area contributed by atoms with Crippen molar-refractivity contribution in [1.82, 2.24) is 5.32 Å². The van der Waals surface area contributed by atoms with Crippen LogP contribution in [0.5, 0.6) is 5.75 Å². The van der Waals surface area contributed by atoms with E-state index in [2.05, 4.69) is 17.0 Å². The average molecular weight is 405 g/mol. The highest BCUT2D eigenvalue weighted by Crippen LogP contribution is 2.23. The lowest BCUT2D eigenvalue weighted by molar-refractivity contribution is -0.123. The highest BCUT2D eigenvalue weighted by Gasteiger charge is 2.16. The quantitative estimate of drug-likeness (QED) is 0.666. The van der Waals surface area contributed by atoms with Crippen LogP contribution >= 0.6 is 0 Å². The van der Waals surface area contributed by atoms with E-state index in [4.69, 9.17) is 4.74 Å². The molecule has 0 spiro atoms. The van der Waals surface area contributed by atoms with Crippen molar-refractivity contribution in [2.75, 3.05) is 11.3 Å². The monoisotopic (exact) mass is 404 g/mol. The Hall–Kier alpha value is -2.54. The molecule has 0 saturated heterocycles. The van der Waals surface area contributed by atoms with Gasteiger partial charge in [0.2, 0.25) is 0 Å². The van der Waals surface area contributed by atoms with Crippen LogP contribution in [-0.4, -0.2) is 27.0 Å². The van der Waals surface area contributed by atoms with Crippen LogP contribution in [0.3, 0.4) is 0 Å². The Balaban J connectivity index is 2.02. The van der Waals surface area contributed by atoms with Gasteiger partial charge in [-0.25, -0.2) is 8.42 Å². The molecule has 1 atom stereocenters. The van der Waals surface area contributed by atoms with Gasteiger partial charge in [-0.2, -0.15) is 0 Å². The summed E-state index contributed by atoms with van der Waals surface area (Å²) in [4.78, 5) is 12.1. The van der Waals surface area contributed by atoms with E-state index >= 15 is 0 Å². The third-order valence-corrected chi connectivity index (χ3v) is 5.63. The zero-order valence-corrected chi connectivity index (χ0v) is 17.6. The molecule has 0 unspecified atom stereocenters. The number of nitrogens with one attached hydrogen (secondary N) is 2. The van der Waals surface area contributed by atoms with Crippen molar-refractivity contribution >= 4 is 21.6 Å². The molecule has 0 aliphatic carbocycles. The Labute approximate surface area is 167 Å². The summed E-state index contributed by atoms with van der Waals surface area (Å²) in [5.41, 5.74) is 2.19. The number of carbonyl (C=O) groups excluding carboxylic acids is 1. The van der Waals surface area contributed by atoms with Crippen LogP contribution in [0.2, 0.25) is 0 Å². The van der Waals surface area contributed by atoms with E-state index in [1.807, 2.05) is 26.0 Å². The highest BCUT2D eigenvalue weighted by molar-refractivity contribution is 7.92. The van der Waals surface area contributed by atoms with Crippen LogP contribution in [0, 0.1) is 13.8 Å². The van der Waals surface area contributed by atoms with E-state index in [9.17, 15) is 13.2 Å². The van der Waals surface area contributed by atoms with Crippen LogP contribution in [-0.2, 0) is 14.8 Å². The summed E-state index contributed by atoms with van der Waals surface area (Å²) in [6.45, 7) is 7.59. The van der Waals surface area contributed by atoms with Crippen molar-refractivity contribution in [3.05, 3.63) is 53.6 Å². The Bertz CT molecular complexity index is 909. The molecule has 0 saturated carbocycles. The number of hydrogen-bond acceptors (Lipinski definition) is 4. The lowest BCUT2D eigenvalue weighted by atomic mass is 10.2. The minimum Gasteiger partial charge on any atom is -0.484 e. The normalized spacial score (nSPS) is 12.3. The van der Waals surface area contributed by atoms with Crippen LogP contribution in [0.4, 0.5) is 5.69 Å². The van der Waals surface area contributed by atoms with Gasteiger partial charge in [0.1, 0.15) is 5.75 Å². The molecule has 0 fully saturated rings. The fraction of sp³-hybridized carbons (Fsp3) is 0.381. The summed E-state index contributed by atoms with van der Waals surface area (Å²) in [6, 6.07) is 11.8. The van der Waals surface area contributed by atoms with Crippen molar-refractivity contribution in [2.45, 2.75) is 51.5 Å². The summed E-state index contributed by atoms with van der Waals surface area (Å²) in [7, 11) is -3.70. The predicted octanol–water partition coefficient (Wildman–Crippen LogP) is 3.79. The highest BCUT2D eigenvalue weighted by atomic mass is 32.2. The molecule has 0 aliphatic rings. The van der Waals surface area contributed by atoms with Crippen molar-refractivity contribution in [2.24, 2.45) is 0 Å². The van der Waals surface area contributed by atoms with Gasteiger partial charge in [-0.1, -0.05) is 31.0 Å². The second-order valence-corrected chi connectivity index (χ2v) is 8.63. The van der Waals surface area contributed by atoms with Crippen molar-refractivity contribution in [1.29, 1.82) is 0 Å². The third-order valence-electron chi connectivity index (χ3n) is 4.25. The SMILES string of the molecule is CCC[C@H](C)NC(=O)COc1ccc(S(=O)(=O)Nc2ccc(C)cc2)cc1C. The van der Waals surface area contributed by atoms with Crippen molar-refractivity contribution in [3.63, 3.8) is 0 Å². The zero-order valence-electron chi connectivity index (χ0n) is 16.8. The minimum atomic E-state index is -3.70. The molecule has 2 aromatic rings. The number of hydrogen-bond donors (Lipinski definition) is 2. The van der Waals surface area contributed by atoms with Crippen LogP contribution in [0.15, 0.2) is 47.4 Å². The summed E-state index contributed by atoms with van der Waals surface area (Å²) >= 11 is 0. The van der Waals surface area contributed by atoms with Gasteiger partial charge in [-0.05, 0) is 63.1 Å². The molecule has 152 valence electrons. The summed E-state index contributed by atoms with van der Waals surface area (Å²) in [5, 5.41) is 2.87. The first kappa shape index (κ1) is 21.8. The number of carbonyl (C=O) groups is 1. The van der Waals surface area contributed by atoms with Gasteiger partial charge < -0.3 is 10.1 Å². The molecule has 28 heavy (non-hydrogen) atoms. The van der Waals surface area contributed by atoms with Crippen molar-refractivity contribution < 1.29 is 17.9 Å². The lowest BCUT2D eigenvalue weighted by Crippen LogP contribution is -2.36. The second kappa shape index (κ2) is 9.59. The third kappa shape index (κ3) is 6.27. The molecular formula is C21H28N2O4S. The fourth-order valence-corrected chi connectivity index (χ4v) is 3.90. The Morgan fingerprint density at radius 1 is 1.11 bits per heavy atom. The smallest absolute Gasteiger partial charge is 0.261 e. The summed E-state index contributed by atoms with van der Waals surface area (Å²) < 4.78 is 33.3. The molecule has 0 aliphatic heterocycles. The standard InChI is InChI=1S/C21H28N2O4S/c1-5-6-17(4)22-21(24)14-27-20-12-11-19(13-16(20)3)28(25,26)23-18-9-7-15(2)8-10-18/h7-13,17,23H,5-6,14H2,1-4H3,(H,22,24)/t17-/m0/s1. The van der Waals surface area contributed by atoms with E-state index < -0.39 is 10.0 Å². The second-order valence-electron chi connectivity index (χ2n) is 6.94. The van der Waals surface area contributed by atoms with E-state index in [-0.39, 0.29) is 23.5 Å². The maximum absolute atomic E-state index is 12.6. The lowest BCUT2D eigenvalue weighted by Gasteiger charge is -2.15. The summed E-state index contributed by atoms with van der Waals surface area (Å²) in [5.74, 6) is 0.283. The maximum atomic E-state index is 12.6. The molecule has 7 heteroatoms. The van der Waals surface area contributed by atoms with Crippen LogP contribution < -0.4 is 14.8 Å². The number of benzene rings is 2. The largest absolute Gasteiger partial charge is 0.484 e. The number of aryl methyl sites for hydroxylation is 2. The van der Waals surface area contributed by atoms with Crippen LogP contribution in [0.25, 0.3) is 0 Å². The molecule has 0 radical (unpaired) electrons. The average Bonchev–Trinajstić information content (AvgIpc) is 2.62. The number of ether oxygens (including phenoxy) is 1. The van der Waals surface area contributed by atoms with Gasteiger partial charge in [0.15, 0.2) is 6.61 Å². The van der Waals surface area contributed by atoms with E-state index in [0.29, 0.717) is 17.0 Å². The van der Waals surface area contributed by atoms with E-state index in [0.717, 1.165) is 18.4 Å². The number of rotatable bonds is 9. The van der Waals surface area contributed by atoms with Gasteiger partial charge in [0.05, 0.1) is 4.90 Å². The fourth-order valence-electron chi connectivity index (χ4n) is 2.75. The zero-order chi connectivity index (χ0) is 20.7. The maximum Gasteiger partial charge on any atom is 0.261 e. The molecule has 6 nitrogen and oxygen atoms in total. The Kier molecular flexibility index (Phi) is 7.45. The minimum absolute atomic E-state index is 0.0996. The predicted molar refractivity (Wildman–Crippen MR) is 111 cm³/mol. The van der Waals surface area contributed by atoms with Gasteiger partial charge in [-0.3, -0.25) is 9.52 Å². The molecule has 0 heterocycles. The number of sulfonamides is 1. The molecule has 2 rings (SSSR count). The molecule has 2 N–H and O–H groups in total. The molecule has 1 amide bonds. The van der Waals surface area contributed by atoms with Crippen molar-refractivity contribution in [3.8, 4) is 5.75 Å². The summed E-state index contributed by atoms with van der Waals surface area (Å²) in [6.07, 6.45) is 1.90. The molecule has 0 bridgehead atoms. The van der Waals surface area contributed by atoms with E-state index in [1.165, 1.54) is 12.1 Å². The molecular weight excluding hydrogens is 376 g/mol. The van der Waals surface area contributed by atoms with Gasteiger partial charge in [-0.15, -0.1) is 0 Å². The van der Waals surface area contributed by atoms with Gasteiger partial charge >= 0.3 is 0 Å². The van der Waals surface area contributed by atoms with Gasteiger partial charge in [0.25, 0.3) is 15.9 Å². The van der Waals surface area contributed by atoms with Gasteiger partial charge in [0, 0.05) is 11.7 Å². The number of anilines is 1. The number of amides is 1. The Morgan fingerprint density at radius 3 is 2.39 bits per heavy atom. The van der Waals surface area contributed by atoms with E-state index in [1.54, 1.807) is 25.1 Å². The first-order chi connectivity index (χ1) is 13.2. The van der Waals surface area contributed by atoms with Crippen LogP contribution in [0.1, 0.15) is 37.8 Å². The first-order valence-electron chi connectivity index (χ1n) is 9.33. The Morgan fingerprint density at radius 2 is 1.79 bits per heavy atom. The molecule has 0 aromatic heterocycles. The first-order valence-corrected chi connectivity index (χ1v) is 10.8. The molecule has 2 aromatic carbocycles.